The Balaban J connectivity index is 3.31. The molecule has 12 heavy (non-hydrogen) atoms. The van der Waals surface area contributed by atoms with E-state index in [4.69, 9.17) is 5.11 Å². The van der Waals surface area contributed by atoms with Gasteiger partial charge in [-0.15, -0.1) is 0 Å². The first kappa shape index (κ1) is 11.4. The molecule has 0 spiro atoms. The molecule has 0 aromatic heterocycles. The van der Waals surface area contributed by atoms with Crippen LogP contribution < -0.4 is 0 Å². The molecular weight excluding hydrogens is 156 g/mol. The van der Waals surface area contributed by atoms with E-state index in [-0.39, 0.29) is 6.54 Å². The van der Waals surface area contributed by atoms with Crippen LogP contribution in [0.5, 0.6) is 0 Å². The number of carboxylic acids is 1. The maximum atomic E-state index is 10.3. The third-order valence-corrected chi connectivity index (χ3v) is 1.55. The molecule has 0 radical (unpaired) electrons. The molecule has 0 aliphatic carbocycles. The molecule has 0 aliphatic heterocycles. The average Bonchev–Trinajstić information content (AvgIpc) is 1.84. The highest BCUT2D eigenvalue weighted by Gasteiger charge is 2.02. The average molecular weight is 174 g/mol. The van der Waals surface area contributed by atoms with Crippen LogP contribution in [0, 0.1) is 0 Å². The van der Waals surface area contributed by atoms with Crippen molar-refractivity contribution in [2.75, 3.05) is 40.8 Å². The number of nitrogens with zero attached hydrogens (tertiary/aromatic N) is 2. The second-order valence-electron chi connectivity index (χ2n) is 3.29. The van der Waals surface area contributed by atoms with E-state index in [1.54, 1.807) is 0 Å². The van der Waals surface area contributed by atoms with Gasteiger partial charge >= 0.3 is 5.97 Å². The topological polar surface area (TPSA) is 43.8 Å². The summed E-state index contributed by atoms with van der Waals surface area (Å²) in [4.78, 5) is 14.2. The first-order chi connectivity index (χ1) is 5.52. The van der Waals surface area contributed by atoms with E-state index in [0.29, 0.717) is 0 Å². The first-order valence-electron chi connectivity index (χ1n) is 4.07. The van der Waals surface area contributed by atoms with E-state index < -0.39 is 5.97 Å². The van der Waals surface area contributed by atoms with Gasteiger partial charge in [0.05, 0.1) is 6.54 Å². The normalized spacial score (nSPS) is 11.1. The lowest BCUT2D eigenvalue weighted by Crippen LogP contribution is -2.28. The molecule has 0 unspecified atom stereocenters. The van der Waals surface area contributed by atoms with E-state index in [1.807, 2.05) is 26.0 Å². The number of hydrogen-bond donors (Lipinski definition) is 1. The number of hydrogen-bond acceptors (Lipinski definition) is 3. The minimum Gasteiger partial charge on any atom is -0.480 e. The third kappa shape index (κ3) is 7.50. The number of aliphatic carboxylic acids is 1. The maximum absolute atomic E-state index is 10.3. The standard InChI is InChI=1S/C8H18N2O2/c1-9(2)5-4-6-10(3)7-8(11)12/h4-7H2,1-3H3,(H,11,12). The van der Waals surface area contributed by atoms with Crippen molar-refractivity contribution in [3.05, 3.63) is 0 Å². The predicted octanol–water partition coefficient (Wildman–Crippen LogP) is -0.0455. The molecule has 0 fully saturated rings. The molecule has 0 aliphatic rings. The Bertz CT molecular complexity index is 137. The number of likely N-dealkylation sites (N-methyl/N-ethyl adjacent to an activating group) is 1. The van der Waals surface area contributed by atoms with Crippen molar-refractivity contribution in [1.29, 1.82) is 0 Å². The minimum absolute atomic E-state index is 0.132. The number of carbonyl (C=O) groups is 1. The smallest absolute Gasteiger partial charge is 0.317 e. The molecule has 0 bridgehead atoms. The minimum atomic E-state index is -0.762. The Hall–Kier alpha value is -0.610. The Morgan fingerprint density at radius 1 is 1.25 bits per heavy atom. The fourth-order valence-electron chi connectivity index (χ4n) is 0.967. The fraction of sp³-hybridized carbons (Fsp3) is 0.875. The van der Waals surface area contributed by atoms with Gasteiger partial charge in [-0.3, -0.25) is 9.69 Å². The summed E-state index contributed by atoms with van der Waals surface area (Å²) in [6.45, 7) is 1.97. The largest absolute Gasteiger partial charge is 0.480 e. The number of carboxylic acid groups (broad SMARTS) is 1. The molecule has 0 atom stereocenters. The lowest BCUT2D eigenvalue weighted by molar-refractivity contribution is -0.137. The first-order valence-corrected chi connectivity index (χ1v) is 4.07. The van der Waals surface area contributed by atoms with Crippen LogP contribution in [0.15, 0.2) is 0 Å². The molecule has 4 heteroatoms. The molecule has 0 saturated heterocycles. The molecule has 0 rings (SSSR count). The summed E-state index contributed by atoms with van der Waals surface area (Å²) in [6, 6.07) is 0. The Morgan fingerprint density at radius 3 is 2.25 bits per heavy atom. The van der Waals surface area contributed by atoms with E-state index in [2.05, 4.69) is 4.90 Å². The molecule has 0 aromatic carbocycles. The lowest BCUT2D eigenvalue weighted by atomic mass is 10.4. The van der Waals surface area contributed by atoms with Gasteiger partial charge < -0.3 is 10.0 Å². The van der Waals surface area contributed by atoms with Gasteiger partial charge in [0.1, 0.15) is 0 Å². The van der Waals surface area contributed by atoms with Crippen LogP contribution in [0.4, 0.5) is 0 Å². The van der Waals surface area contributed by atoms with Crippen LogP contribution in [0.25, 0.3) is 0 Å². The molecule has 72 valence electrons. The van der Waals surface area contributed by atoms with Gasteiger partial charge in [-0.25, -0.2) is 0 Å². The summed E-state index contributed by atoms with van der Waals surface area (Å²) in [6.07, 6.45) is 1.01. The lowest BCUT2D eigenvalue weighted by Gasteiger charge is -2.15. The zero-order chi connectivity index (χ0) is 9.56. The highest BCUT2D eigenvalue weighted by Crippen LogP contribution is 1.88. The van der Waals surface area contributed by atoms with Crippen LogP contribution >= 0.6 is 0 Å². The van der Waals surface area contributed by atoms with Crippen LogP contribution in [-0.2, 0) is 4.79 Å². The van der Waals surface area contributed by atoms with Crippen LogP contribution in [0.1, 0.15) is 6.42 Å². The summed E-state index contributed by atoms with van der Waals surface area (Å²) >= 11 is 0. The second kappa shape index (κ2) is 5.97. The van der Waals surface area contributed by atoms with Crippen molar-refractivity contribution >= 4 is 5.97 Å². The van der Waals surface area contributed by atoms with Crippen LogP contribution in [0.3, 0.4) is 0 Å². The van der Waals surface area contributed by atoms with Crippen molar-refractivity contribution in [3.8, 4) is 0 Å². The van der Waals surface area contributed by atoms with E-state index in [1.165, 1.54) is 0 Å². The Labute approximate surface area is 73.8 Å². The van der Waals surface area contributed by atoms with Gasteiger partial charge in [-0.1, -0.05) is 0 Å². The molecule has 1 N–H and O–H groups in total. The Kier molecular flexibility index (Phi) is 5.66. The molecule has 0 aromatic rings. The van der Waals surface area contributed by atoms with Gasteiger partial charge in [0.15, 0.2) is 0 Å². The van der Waals surface area contributed by atoms with E-state index in [9.17, 15) is 4.79 Å². The van der Waals surface area contributed by atoms with E-state index in [0.717, 1.165) is 19.5 Å². The van der Waals surface area contributed by atoms with Crippen molar-refractivity contribution in [2.45, 2.75) is 6.42 Å². The summed E-state index contributed by atoms with van der Waals surface area (Å²) in [5, 5.41) is 8.44. The van der Waals surface area contributed by atoms with Crippen LogP contribution in [0.2, 0.25) is 0 Å². The monoisotopic (exact) mass is 174 g/mol. The fourth-order valence-corrected chi connectivity index (χ4v) is 0.967. The van der Waals surface area contributed by atoms with Gasteiger partial charge in [-0.05, 0) is 40.7 Å². The van der Waals surface area contributed by atoms with Gasteiger partial charge in [0, 0.05) is 0 Å². The summed E-state index contributed by atoms with van der Waals surface area (Å²) in [5.41, 5.74) is 0. The molecule has 0 saturated carbocycles. The summed E-state index contributed by atoms with van der Waals surface area (Å²) < 4.78 is 0. The zero-order valence-electron chi connectivity index (χ0n) is 8.08. The van der Waals surface area contributed by atoms with Crippen molar-refractivity contribution < 1.29 is 9.90 Å². The quantitative estimate of drug-likeness (QED) is 0.613. The van der Waals surface area contributed by atoms with Crippen molar-refractivity contribution in [3.63, 3.8) is 0 Å². The Morgan fingerprint density at radius 2 is 1.83 bits per heavy atom. The summed E-state index contributed by atoms with van der Waals surface area (Å²) in [7, 11) is 5.85. The third-order valence-electron chi connectivity index (χ3n) is 1.55. The SMILES string of the molecule is CN(C)CCCN(C)CC(=O)O. The molecule has 4 nitrogen and oxygen atoms in total. The van der Waals surface area contributed by atoms with Gasteiger partial charge in [-0.2, -0.15) is 0 Å². The van der Waals surface area contributed by atoms with Gasteiger partial charge in [0.25, 0.3) is 0 Å². The van der Waals surface area contributed by atoms with Crippen molar-refractivity contribution in [2.24, 2.45) is 0 Å². The highest BCUT2D eigenvalue weighted by atomic mass is 16.4. The summed E-state index contributed by atoms with van der Waals surface area (Å²) in [5.74, 6) is -0.762. The maximum Gasteiger partial charge on any atom is 0.317 e. The molecular formula is C8H18N2O2. The van der Waals surface area contributed by atoms with E-state index >= 15 is 0 Å². The predicted molar refractivity (Wildman–Crippen MR) is 48.3 cm³/mol. The molecule has 0 amide bonds. The number of rotatable bonds is 6. The van der Waals surface area contributed by atoms with Crippen LogP contribution in [-0.4, -0.2) is 61.7 Å². The van der Waals surface area contributed by atoms with Gasteiger partial charge in [0.2, 0.25) is 0 Å². The highest BCUT2D eigenvalue weighted by molar-refractivity contribution is 5.68. The molecule has 0 heterocycles. The zero-order valence-corrected chi connectivity index (χ0v) is 8.08. The second-order valence-corrected chi connectivity index (χ2v) is 3.29. The van der Waals surface area contributed by atoms with Crippen molar-refractivity contribution in [1.82, 2.24) is 9.80 Å².